The third-order valence-electron chi connectivity index (χ3n) is 1.88. The molecule has 0 bridgehead atoms. The van der Waals surface area contributed by atoms with Crippen molar-refractivity contribution in [3.63, 3.8) is 0 Å². The lowest BCUT2D eigenvalue weighted by molar-refractivity contribution is 0.170. The van der Waals surface area contributed by atoms with Gasteiger partial charge in [-0.25, -0.2) is 4.79 Å². The molecule has 0 heterocycles. The lowest BCUT2D eigenvalue weighted by Crippen LogP contribution is -2.31. The minimum atomic E-state index is -0.462. The van der Waals surface area contributed by atoms with E-state index in [4.69, 9.17) is 5.73 Å². The number of hydrogen-bond donors (Lipinski definition) is 2. The third kappa shape index (κ3) is 3.06. The summed E-state index contributed by atoms with van der Waals surface area (Å²) in [5.74, 6) is 0. The van der Waals surface area contributed by atoms with Gasteiger partial charge in [0.1, 0.15) is 0 Å². The molecule has 0 aliphatic rings. The number of methoxy groups -OCH3 is 1. The van der Waals surface area contributed by atoms with Crippen molar-refractivity contribution in [2.45, 2.75) is 6.04 Å². The van der Waals surface area contributed by atoms with Gasteiger partial charge in [0, 0.05) is 12.6 Å². The first-order valence-electron chi connectivity index (χ1n) is 4.36. The van der Waals surface area contributed by atoms with Crippen LogP contribution in [0, 0.1) is 0 Å². The van der Waals surface area contributed by atoms with Crippen molar-refractivity contribution >= 4 is 6.09 Å². The van der Waals surface area contributed by atoms with Gasteiger partial charge in [-0.15, -0.1) is 0 Å². The van der Waals surface area contributed by atoms with Gasteiger partial charge in [0.2, 0.25) is 0 Å². The molecule has 14 heavy (non-hydrogen) atoms. The molecule has 1 rings (SSSR count). The molecule has 4 nitrogen and oxygen atoms in total. The number of rotatable bonds is 3. The Morgan fingerprint density at radius 1 is 1.50 bits per heavy atom. The molecular weight excluding hydrogens is 180 g/mol. The molecule has 0 radical (unpaired) electrons. The van der Waals surface area contributed by atoms with Gasteiger partial charge in [0.05, 0.1) is 7.11 Å². The standard InChI is InChI=1S/C10H14N2O2/c1-14-10(13)12-7-9(11)8-5-3-2-4-6-8/h2-6,9H,7,11H2,1H3,(H,12,13)/t9-/m0/s1. The Morgan fingerprint density at radius 3 is 2.71 bits per heavy atom. The summed E-state index contributed by atoms with van der Waals surface area (Å²) in [4.78, 5) is 10.8. The van der Waals surface area contributed by atoms with E-state index in [0.29, 0.717) is 6.54 Å². The van der Waals surface area contributed by atoms with Crippen molar-refractivity contribution < 1.29 is 9.53 Å². The number of hydrogen-bond acceptors (Lipinski definition) is 3. The van der Waals surface area contributed by atoms with Gasteiger partial charge in [-0.05, 0) is 5.56 Å². The normalized spacial score (nSPS) is 11.9. The molecule has 1 atom stereocenters. The molecule has 0 aliphatic heterocycles. The summed E-state index contributed by atoms with van der Waals surface area (Å²) in [6, 6.07) is 9.38. The second-order valence-corrected chi connectivity index (χ2v) is 2.89. The van der Waals surface area contributed by atoms with Gasteiger partial charge in [-0.2, -0.15) is 0 Å². The van der Waals surface area contributed by atoms with Crippen LogP contribution in [0.15, 0.2) is 30.3 Å². The van der Waals surface area contributed by atoms with Gasteiger partial charge < -0.3 is 15.8 Å². The molecule has 3 N–H and O–H groups in total. The van der Waals surface area contributed by atoms with E-state index in [2.05, 4.69) is 10.1 Å². The van der Waals surface area contributed by atoms with Gasteiger partial charge in [0.25, 0.3) is 0 Å². The molecule has 1 aromatic rings. The van der Waals surface area contributed by atoms with Crippen LogP contribution in [-0.4, -0.2) is 19.7 Å². The Balaban J connectivity index is 2.43. The zero-order valence-electron chi connectivity index (χ0n) is 8.07. The maximum Gasteiger partial charge on any atom is 0.406 e. The van der Waals surface area contributed by atoms with Crippen LogP contribution < -0.4 is 11.1 Å². The SMILES string of the molecule is COC(=O)NC[C@H](N)c1ccccc1. The van der Waals surface area contributed by atoms with Crippen LogP contribution in [-0.2, 0) is 4.74 Å². The Labute approximate surface area is 83.1 Å². The third-order valence-corrected chi connectivity index (χ3v) is 1.88. The second-order valence-electron chi connectivity index (χ2n) is 2.89. The van der Waals surface area contributed by atoms with Crippen LogP contribution in [0.3, 0.4) is 0 Å². The molecule has 0 spiro atoms. The number of ether oxygens (including phenoxy) is 1. The summed E-state index contributed by atoms with van der Waals surface area (Å²) in [6.45, 7) is 0.372. The lowest BCUT2D eigenvalue weighted by atomic mass is 10.1. The zero-order chi connectivity index (χ0) is 10.4. The Hall–Kier alpha value is -1.55. The largest absolute Gasteiger partial charge is 0.453 e. The van der Waals surface area contributed by atoms with E-state index < -0.39 is 6.09 Å². The molecule has 1 amide bonds. The van der Waals surface area contributed by atoms with E-state index in [1.54, 1.807) is 0 Å². The molecule has 1 aromatic carbocycles. The number of alkyl carbamates (subject to hydrolysis) is 1. The summed E-state index contributed by atoms with van der Waals surface area (Å²) in [5, 5.41) is 2.54. The highest BCUT2D eigenvalue weighted by Gasteiger charge is 2.06. The highest BCUT2D eigenvalue weighted by Crippen LogP contribution is 2.07. The second kappa shape index (κ2) is 5.24. The van der Waals surface area contributed by atoms with Crippen molar-refractivity contribution in [3.05, 3.63) is 35.9 Å². The number of carbonyl (C=O) groups is 1. The first-order valence-corrected chi connectivity index (χ1v) is 4.36. The average molecular weight is 194 g/mol. The molecule has 0 aliphatic carbocycles. The van der Waals surface area contributed by atoms with Gasteiger partial charge in [-0.1, -0.05) is 30.3 Å². The van der Waals surface area contributed by atoms with Crippen LogP contribution in [0.2, 0.25) is 0 Å². The minimum Gasteiger partial charge on any atom is -0.453 e. The Morgan fingerprint density at radius 2 is 2.14 bits per heavy atom. The van der Waals surface area contributed by atoms with Crippen molar-refractivity contribution in [1.82, 2.24) is 5.32 Å². The van der Waals surface area contributed by atoms with Crippen LogP contribution >= 0.6 is 0 Å². The average Bonchev–Trinajstić information content (AvgIpc) is 2.26. The highest BCUT2D eigenvalue weighted by molar-refractivity contribution is 5.66. The number of amides is 1. The summed E-state index contributed by atoms with van der Waals surface area (Å²) in [7, 11) is 1.32. The molecule has 0 unspecified atom stereocenters. The topological polar surface area (TPSA) is 64.3 Å². The number of nitrogens with one attached hydrogen (secondary N) is 1. The summed E-state index contributed by atoms with van der Waals surface area (Å²) < 4.78 is 4.43. The van der Waals surface area contributed by atoms with Crippen LogP contribution in [0.4, 0.5) is 4.79 Å². The molecule has 0 saturated heterocycles. The Bertz CT molecular complexity index is 287. The fraction of sp³-hybridized carbons (Fsp3) is 0.300. The monoisotopic (exact) mass is 194 g/mol. The van der Waals surface area contributed by atoms with Crippen molar-refractivity contribution in [3.8, 4) is 0 Å². The Kier molecular flexibility index (Phi) is 3.94. The van der Waals surface area contributed by atoms with Gasteiger partial charge >= 0.3 is 6.09 Å². The van der Waals surface area contributed by atoms with E-state index in [1.165, 1.54) is 7.11 Å². The summed E-state index contributed by atoms with van der Waals surface area (Å²) in [6.07, 6.45) is -0.462. The van der Waals surface area contributed by atoms with E-state index in [0.717, 1.165) is 5.56 Å². The van der Waals surface area contributed by atoms with Crippen LogP contribution in [0.1, 0.15) is 11.6 Å². The highest BCUT2D eigenvalue weighted by atomic mass is 16.5. The molecule has 0 saturated carbocycles. The maximum absolute atomic E-state index is 10.8. The number of carbonyl (C=O) groups excluding carboxylic acids is 1. The van der Waals surface area contributed by atoms with Crippen molar-refractivity contribution in [2.24, 2.45) is 5.73 Å². The molecule has 4 heteroatoms. The predicted molar refractivity (Wildman–Crippen MR) is 53.8 cm³/mol. The zero-order valence-corrected chi connectivity index (χ0v) is 8.07. The number of nitrogens with two attached hydrogens (primary N) is 1. The minimum absolute atomic E-state index is 0.199. The molecule has 0 aromatic heterocycles. The van der Waals surface area contributed by atoms with E-state index in [1.807, 2.05) is 30.3 Å². The first-order chi connectivity index (χ1) is 6.74. The fourth-order valence-electron chi connectivity index (χ4n) is 1.08. The maximum atomic E-state index is 10.8. The van der Waals surface area contributed by atoms with E-state index in [9.17, 15) is 4.79 Å². The predicted octanol–water partition coefficient (Wildman–Crippen LogP) is 1.04. The van der Waals surface area contributed by atoms with Crippen molar-refractivity contribution in [1.29, 1.82) is 0 Å². The van der Waals surface area contributed by atoms with Gasteiger partial charge in [0.15, 0.2) is 0 Å². The van der Waals surface area contributed by atoms with Gasteiger partial charge in [-0.3, -0.25) is 0 Å². The van der Waals surface area contributed by atoms with Crippen molar-refractivity contribution in [2.75, 3.05) is 13.7 Å². The van der Waals surface area contributed by atoms with Crippen LogP contribution in [0.25, 0.3) is 0 Å². The fourth-order valence-corrected chi connectivity index (χ4v) is 1.08. The van der Waals surface area contributed by atoms with E-state index in [-0.39, 0.29) is 6.04 Å². The number of benzene rings is 1. The smallest absolute Gasteiger partial charge is 0.406 e. The lowest BCUT2D eigenvalue weighted by Gasteiger charge is -2.12. The molecule has 76 valence electrons. The first kappa shape index (κ1) is 10.5. The quantitative estimate of drug-likeness (QED) is 0.755. The van der Waals surface area contributed by atoms with Crippen LogP contribution in [0.5, 0.6) is 0 Å². The molecular formula is C10H14N2O2. The molecule has 0 fully saturated rings. The summed E-state index contributed by atoms with van der Waals surface area (Å²) in [5.41, 5.74) is 6.82. The summed E-state index contributed by atoms with van der Waals surface area (Å²) >= 11 is 0. The van der Waals surface area contributed by atoms with E-state index >= 15 is 0 Å².